The van der Waals surface area contributed by atoms with Crippen LogP contribution in [-0.4, -0.2) is 16.7 Å². The van der Waals surface area contributed by atoms with Crippen LogP contribution in [0.15, 0.2) is 29.2 Å². The third kappa shape index (κ3) is 3.04. The summed E-state index contributed by atoms with van der Waals surface area (Å²) in [4.78, 5) is 1.14. The van der Waals surface area contributed by atoms with Gasteiger partial charge in [0.15, 0.2) is 0 Å². The Morgan fingerprint density at radius 3 is 2.45 bits per heavy atom. The molecule has 60 valence electrons. The maximum Gasteiger partial charge on any atom is 0.115 e. The SMILES string of the molecule is Oc1ccc(SCCCl)cc1. The normalized spacial score (nSPS) is 9.91. The number of hydrogen-bond acceptors (Lipinski definition) is 2. The Labute approximate surface area is 75.4 Å². The first-order chi connectivity index (χ1) is 5.33. The second-order valence-electron chi connectivity index (χ2n) is 2.03. The van der Waals surface area contributed by atoms with Crippen LogP contribution in [0.2, 0.25) is 0 Å². The predicted octanol–water partition coefficient (Wildman–Crippen LogP) is 2.72. The molecule has 0 spiro atoms. The van der Waals surface area contributed by atoms with Gasteiger partial charge < -0.3 is 5.11 Å². The number of thioether (sulfide) groups is 1. The minimum atomic E-state index is 0.306. The van der Waals surface area contributed by atoms with Crippen LogP contribution in [0.3, 0.4) is 0 Å². The molecule has 3 heteroatoms. The van der Waals surface area contributed by atoms with Gasteiger partial charge in [-0.3, -0.25) is 0 Å². The van der Waals surface area contributed by atoms with Crippen molar-refractivity contribution in [1.82, 2.24) is 0 Å². The number of phenols is 1. The molecule has 1 aromatic rings. The van der Waals surface area contributed by atoms with Crippen molar-refractivity contribution in [2.24, 2.45) is 0 Å². The zero-order chi connectivity index (χ0) is 8.10. The molecule has 0 heterocycles. The van der Waals surface area contributed by atoms with Crippen LogP contribution in [0, 0.1) is 0 Å². The summed E-state index contributed by atoms with van der Waals surface area (Å²) in [6, 6.07) is 7.12. The molecule has 0 saturated carbocycles. The van der Waals surface area contributed by atoms with Crippen LogP contribution in [0.25, 0.3) is 0 Å². The average molecular weight is 189 g/mol. The van der Waals surface area contributed by atoms with Crippen molar-refractivity contribution in [1.29, 1.82) is 0 Å². The number of hydrogen-bond donors (Lipinski definition) is 1. The smallest absolute Gasteiger partial charge is 0.115 e. The molecule has 0 aromatic heterocycles. The van der Waals surface area contributed by atoms with E-state index in [1.165, 1.54) is 0 Å². The van der Waals surface area contributed by atoms with Crippen molar-refractivity contribution in [3.05, 3.63) is 24.3 Å². The zero-order valence-electron chi connectivity index (χ0n) is 5.96. The molecule has 11 heavy (non-hydrogen) atoms. The lowest BCUT2D eigenvalue weighted by atomic mass is 10.3. The molecule has 1 nitrogen and oxygen atoms in total. The number of alkyl halides is 1. The molecular formula is C8H9ClOS. The molecule has 1 rings (SSSR count). The van der Waals surface area contributed by atoms with E-state index < -0.39 is 0 Å². The van der Waals surface area contributed by atoms with Crippen molar-refractivity contribution in [2.45, 2.75) is 4.90 Å². The van der Waals surface area contributed by atoms with Crippen molar-refractivity contribution in [2.75, 3.05) is 11.6 Å². The largest absolute Gasteiger partial charge is 0.508 e. The second-order valence-corrected chi connectivity index (χ2v) is 3.58. The van der Waals surface area contributed by atoms with Gasteiger partial charge in [0, 0.05) is 16.5 Å². The molecular weight excluding hydrogens is 180 g/mol. The summed E-state index contributed by atoms with van der Waals surface area (Å²) in [6.07, 6.45) is 0. The lowest BCUT2D eigenvalue weighted by Crippen LogP contribution is -1.78. The number of halogens is 1. The molecule has 1 aromatic carbocycles. The van der Waals surface area contributed by atoms with Crippen LogP contribution in [-0.2, 0) is 0 Å². The third-order valence-electron chi connectivity index (χ3n) is 1.18. The van der Waals surface area contributed by atoms with Crippen LogP contribution in [0.1, 0.15) is 0 Å². The summed E-state index contributed by atoms with van der Waals surface area (Å²) in [7, 11) is 0. The van der Waals surface area contributed by atoms with Gasteiger partial charge in [-0.15, -0.1) is 23.4 Å². The Morgan fingerprint density at radius 2 is 1.91 bits per heavy atom. The standard InChI is InChI=1S/C8H9ClOS/c9-5-6-11-8-3-1-7(10)2-4-8/h1-4,10H,5-6H2. The van der Waals surface area contributed by atoms with Gasteiger partial charge in [-0.2, -0.15) is 0 Å². The predicted molar refractivity (Wildman–Crippen MR) is 49.6 cm³/mol. The highest BCUT2D eigenvalue weighted by atomic mass is 35.5. The van der Waals surface area contributed by atoms with Gasteiger partial charge in [-0.25, -0.2) is 0 Å². The van der Waals surface area contributed by atoms with Crippen LogP contribution < -0.4 is 0 Å². The third-order valence-corrected chi connectivity index (χ3v) is 2.61. The van der Waals surface area contributed by atoms with E-state index in [0.717, 1.165) is 10.6 Å². The second kappa shape index (κ2) is 4.52. The molecule has 0 atom stereocenters. The Hall–Kier alpha value is -0.340. The minimum Gasteiger partial charge on any atom is -0.508 e. The first-order valence-corrected chi connectivity index (χ1v) is 4.83. The van der Waals surface area contributed by atoms with Gasteiger partial charge in [-0.1, -0.05) is 0 Å². The van der Waals surface area contributed by atoms with E-state index in [0.29, 0.717) is 11.6 Å². The zero-order valence-corrected chi connectivity index (χ0v) is 7.53. The molecule has 0 radical (unpaired) electrons. The lowest BCUT2D eigenvalue weighted by Gasteiger charge is -1.97. The fourth-order valence-corrected chi connectivity index (χ4v) is 1.57. The number of benzene rings is 1. The van der Waals surface area contributed by atoms with Crippen molar-refractivity contribution in [3.63, 3.8) is 0 Å². The van der Waals surface area contributed by atoms with E-state index in [1.54, 1.807) is 23.9 Å². The highest BCUT2D eigenvalue weighted by Crippen LogP contribution is 2.20. The van der Waals surface area contributed by atoms with Crippen molar-refractivity contribution < 1.29 is 5.11 Å². The summed E-state index contributed by atoms with van der Waals surface area (Å²) < 4.78 is 0. The monoisotopic (exact) mass is 188 g/mol. The summed E-state index contributed by atoms with van der Waals surface area (Å²) in [5.41, 5.74) is 0. The Morgan fingerprint density at radius 1 is 1.27 bits per heavy atom. The fraction of sp³-hybridized carbons (Fsp3) is 0.250. The Balaban J connectivity index is 2.52. The van der Waals surface area contributed by atoms with E-state index >= 15 is 0 Å². The highest BCUT2D eigenvalue weighted by Gasteiger charge is 1.92. The van der Waals surface area contributed by atoms with Crippen LogP contribution in [0.4, 0.5) is 0 Å². The van der Waals surface area contributed by atoms with Gasteiger partial charge in [-0.05, 0) is 24.3 Å². The molecule has 1 N–H and O–H groups in total. The number of aromatic hydroxyl groups is 1. The highest BCUT2D eigenvalue weighted by molar-refractivity contribution is 7.99. The van der Waals surface area contributed by atoms with Gasteiger partial charge in [0.2, 0.25) is 0 Å². The van der Waals surface area contributed by atoms with Crippen molar-refractivity contribution in [3.8, 4) is 5.75 Å². The number of phenolic OH excluding ortho intramolecular Hbond substituents is 1. The lowest BCUT2D eigenvalue weighted by molar-refractivity contribution is 0.475. The Bertz CT molecular complexity index is 210. The first-order valence-electron chi connectivity index (χ1n) is 3.31. The minimum absolute atomic E-state index is 0.306. The molecule has 0 aliphatic carbocycles. The maximum atomic E-state index is 8.95. The quantitative estimate of drug-likeness (QED) is 0.582. The molecule has 0 aliphatic heterocycles. The summed E-state index contributed by atoms with van der Waals surface area (Å²) >= 11 is 7.20. The van der Waals surface area contributed by atoms with Gasteiger partial charge in [0.05, 0.1) is 0 Å². The summed E-state index contributed by atoms with van der Waals surface area (Å²) in [6.45, 7) is 0. The molecule has 0 amide bonds. The molecule has 0 saturated heterocycles. The molecule has 0 unspecified atom stereocenters. The van der Waals surface area contributed by atoms with Gasteiger partial charge in [0.1, 0.15) is 5.75 Å². The van der Waals surface area contributed by atoms with E-state index in [1.807, 2.05) is 12.1 Å². The number of rotatable bonds is 3. The van der Waals surface area contributed by atoms with E-state index in [4.69, 9.17) is 16.7 Å². The average Bonchev–Trinajstić information content (AvgIpc) is 2.04. The molecule has 0 bridgehead atoms. The maximum absolute atomic E-state index is 8.95. The topological polar surface area (TPSA) is 20.2 Å². The fourth-order valence-electron chi connectivity index (χ4n) is 0.699. The van der Waals surface area contributed by atoms with E-state index in [2.05, 4.69) is 0 Å². The molecule has 0 fully saturated rings. The molecule has 0 aliphatic rings. The van der Waals surface area contributed by atoms with Gasteiger partial charge in [0.25, 0.3) is 0 Å². The summed E-state index contributed by atoms with van der Waals surface area (Å²) in [5.74, 6) is 1.87. The van der Waals surface area contributed by atoms with Crippen LogP contribution in [0.5, 0.6) is 5.75 Å². The van der Waals surface area contributed by atoms with Crippen molar-refractivity contribution >= 4 is 23.4 Å². The van der Waals surface area contributed by atoms with E-state index in [9.17, 15) is 0 Å². The Kier molecular flexibility index (Phi) is 3.60. The van der Waals surface area contributed by atoms with Gasteiger partial charge >= 0.3 is 0 Å². The summed E-state index contributed by atoms with van der Waals surface area (Å²) in [5, 5.41) is 8.95. The first kappa shape index (κ1) is 8.75. The van der Waals surface area contributed by atoms with E-state index in [-0.39, 0.29) is 0 Å². The van der Waals surface area contributed by atoms with Crippen LogP contribution >= 0.6 is 23.4 Å².